The van der Waals surface area contributed by atoms with E-state index in [1.54, 1.807) is 0 Å². The molecule has 2 fully saturated rings. The van der Waals surface area contributed by atoms with Gasteiger partial charge in [-0.15, -0.1) is 0 Å². The van der Waals surface area contributed by atoms with Crippen LogP contribution in [0.1, 0.15) is 38.7 Å². The Hall–Kier alpha value is -1.88. The molecule has 0 saturated carbocycles. The summed E-state index contributed by atoms with van der Waals surface area (Å²) in [5.41, 5.74) is 1.09. The number of carbonyl (C=O) groups is 2. The summed E-state index contributed by atoms with van der Waals surface area (Å²) in [6.07, 6.45) is 3.31. The fourth-order valence-corrected chi connectivity index (χ4v) is 4.09. The molecule has 1 aromatic carbocycles. The number of rotatable bonds is 5. The van der Waals surface area contributed by atoms with E-state index in [0.29, 0.717) is 37.9 Å². The molecule has 26 heavy (non-hydrogen) atoms. The van der Waals surface area contributed by atoms with E-state index in [2.05, 4.69) is 24.1 Å². The highest BCUT2D eigenvalue weighted by atomic mass is 16.2. The SMILES string of the molecule is CC(C)N1CCC(CC(=O)N2CCNC(=O)[C@@H]2Cc2ccccc2)CC1. The Morgan fingerprint density at radius 1 is 1.15 bits per heavy atom. The minimum absolute atomic E-state index is 0.0249. The summed E-state index contributed by atoms with van der Waals surface area (Å²) in [4.78, 5) is 29.7. The van der Waals surface area contributed by atoms with Gasteiger partial charge in [0.25, 0.3) is 0 Å². The van der Waals surface area contributed by atoms with Crippen molar-refractivity contribution in [1.29, 1.82) is 0 Å². The number of likely N-dealkylation sites (tertiary alicyclic amines) is 1. The second kappa shape index (κ2) is 8.67. The Kier molecular flexibility index (Phi) is 6.30. The average molecular weight is 357 g/mol. The van der Waals surface area contributed by atoms with E-state index in [9.17, 15) is 9.59 Å². The Morgan fingerprint density at radius 2 is 1.85 bits per heavy atom. The van der Waals surface area contributed by atoms with Gasteiger partial charge in [0.2, 0.25) is 11.8 Å². The molecular formula is C21H31N3O2. The van der Waals surface area contributed by atoms with E-state index in [1.165, 1.54) is 0 Å². The van der Waals surface area contributed by atoms with E-state index in [4.69, 9.17) is 0 Å². The van der Waals surface area contributed by atoms with Crippen molar-refractivity contribution in [3.8, 4) is 0 Å². The van der Waals surface area contributed by atoms with Gasteiger partial charge in [0.1, 0.15) is 6.04 Å². The third-order valence-electron chi connectivity index (χ3n) is 5.77. The second-order valence-electron chi connectivity index (χ2n) is 7.86. The Balaban J connectivity index is 1.60. The van der Waals surface area contributed by atoms with E-state index >= 15 is 0 Å². The molecule has 0 aromatic heterocycles. The van der Waals surface area contributed by atoms with Gasteiger partial charge < -0.3 is 15.1 Å². The van der Waals surface area contributed by atoms with Gasteiger partial charge in [-0.2, -0.15) is 0 Å². The van der Waals surface area contributed by atoms with Crippen LogP contribution >= 0.6 is 0 Å². The number of benzene rings is 1. The molecule has 5 heteroatoms. The molecule has 0 bridgehead atoms. The number of carbonyl (C=O) groups excluding carboxylic acids is 2. The molecule has 1 aromatic rings. The lowest BCUT2D eigenvalue weighted by molar-refractivity contribution is -0.144. The van der Waals surface area contributed by atoms with Crippen molar-refractivity contribution in [2.24, 2.45) is 5.92 Å². The molecule has 0 aliphatic carbocycles. The highest BCUT2D eigenvalue weighted by Gasteiger charge is 2.34. The molecule has 1 N–H and O–H groups in total. The van der Waals surface area contributed by atoms with Crippen LogP contribution in [0.2, 0.25) is 0 Å². The number of nitrogens with zero attached hydrogens (tertiary/aromatic N) is 2. The maximum atomic E-state index is 13.0. The molecule has 1 atom stereocenters. The third-order valence-corrected chi connectivity index (χ3v) is 5.77. The van der Waals surface area contributed by atoms with Crippen LogP contribution in [0.5, 0.6) is 0 Å². The zero-order valence-electron chi connectivity index (χ0n) is 16.0. The van der Waals surface area contributed by atoms with Crippen molar-refractivity contribution >= 4 is 11.8 Å². The lowest BCUT2D eigenvalue weighted by Crippen LogP contribution is -2.58. The first kappa shape index (κ1) is 18.9. The molecule has 5 nitrogen and oxygen atoms in total. The lowest BCUT2D eigenvalue weighted by Gasteiger charge is -2.38. The van der Waals surface area contributed by atoms with Gasteiger partial charge in [-0.1, -0.05) is 30.3 Å². The molecule has 2 aliphatic rings. The van der Waals surface area contributed by atoms with Crippen LogP contribution in [0.4, 0.5) is 0 Å². The fourth-order valence-electron chi connectivity index (χ4n) is 4.09. The molecule has 0 radical (unpaired) electrons. The number of hydrogen-bond acceptors (Lipinski definition) is 3. The number of amides is 2. The van der Waals surface area contributed by atoms with Crippen molar-refractivity contribution in [3.63, 3.8) is 0 Å². The van der Waals surface area contributed by atoms with Crippen molar-refractivity contribution in [1.82, 2.24) is 15.1 Å². The molecule has 2 saturated heterocycles. The quantitative estimate of drug-likeness (QED) is 0.878. The Labute approximate surface area is 156 Å². The zero-order chi connectivity index (χ0) is 18.5. The summed E-state index contributed by atoms with van der Waals surface area (Å²) in [7, 11) is 0. The number of piperazine rings is 1. The third kappa shape index (κ3) is 4.64. The van der Waals surface area contributed by atoms with E-state index in [0.717, 1.165) is 31.5 Å². The summed E-state index contributed by atoms with van der Waals surface area (Å²) in [5, 5.41) is 2.92. The maximum absolute atomic E-state index is 13.0. The summed E-state index contributed by atoms with van der Waals surface area (Å²) < 4.78 is 0. The number of hydrogen-bond donors (Lipinski definition) is 1. The monoisotopic (exact) mass is 357 g/mol. The Morgan fingerprint density at radius 3 is 2.50 bits per heavy atom. The van der Waals surface area contributed by atoms with Gasteiger partial charge >= 0.3 is 0 Å². The average Bonchev–Trinajstić information content (AvgIpc) is 2.64. The van der Waals surface area contributed by atoms with Crippen LogP contribution < -0.4 is 5.32 Å². The van der Waals surface area contributed by atoms with E-state index in [1.807, 2.05) is 35.2 Å². The second-order valence-corrected chi connectivity index (χ2v) is 7.86. The minimum Gasteiger partial charge on any atom is -0.353 e. The standard InChI is InChI=1S/C21H31N3O2/c1-16(2)23-11-8-18(9-12-23)15-20(25)24-13-10-22-21(26)19(24)14-17-6-4-3-5-7-17/h3-7,16,18-19H,8-15H2,1-2H3,(H,22,26)/t19-/m0/s1. The highest BCUT2D eigenvalue weighted by Crippen LogP contribution is 2.24. The molecule has 2 heterocycles. The molecule has 0 spiro atoms. The summed E-state index contributed by atoms with van der Waals surface area (Å²) in [6, 6.07) is 10.2. The molecule has 0 unspecified atom stereocenters. The largest absolute Gasteiger partial charge is 0.353 e. The molecular weight excluding hydrogens is 326 g/mol. The fraction of sp³-hybridized carbons (Fsp3) is 0.619. The summed E-state index contributed by atoms with van der Waals surface area (Å²) in [5.74, 6) is 0.562. The summed E-state index contributed by atoms with van der Waals surface area (Å²) >= 11 is 0. The molecule has 2 aliphatic heterocycles. The minimum atomic E-state index is -0.380. The van der Waals surface area contributed by atoms with Crippen LogP contribution in [0.15, 0.2) is 30.3 Å². The van der Waals surface area contributed by atoms with Gasteiger partial charge in [-0.25, -0.2) is 0 Å². The van der Waals surface area contributed by atoms with Gasteiger partial charge in [0, 0.05) is 32.0 Å². The summed E-state index contributed by atoms with van der Waals surface area (Å²) in [6.45, 7) is 7.78. The predicted molar refractivity (Wildman–Crippen MR) is 103 cm³/mol. The first-order valence-electron chi connectivity index (χ1n) is 9.89. The topological polar surface area (TPSA) is 52.7 Å². The zero-order valence-corrected chi connectivity index (χ0v) is 16.0. The van der Waals surface area contributed by atoms with Gasteiger partial charge in [-0.3, -0.25) is 9.59 Å². The van der Waals surface area contributed by atoms with Crippen LogP contribution in [-0.2, 0) is 16.0 Å². The van der Waals surface area contributed by atoms with Crippen LogP contribution in [0.25, 0.3) is 0 Å². The van der Waals surface area contributed by atoms with Crippen LogP contribution in [-0.4, -0.2) is 59.9 Å². The van der Waals surface area contributed by atoms with Crippen molar-refractivity contribution in [2.45, 2.75) is 51.6 Å². The lowest BCUT2D eigenvalue weighted by atomic mass is 9.91. The van der Waals surface area contributed by atoms with Crippen molar-refractivity contribution < 1.29 is 9.59 Å². The van der Waals surface area contributed by atoms with Crippen molar-refractivity contribution in [2.75, 3.05) is 26.2 Å². The first-order chi connectivity index (χ1) is 12.5. The van der Waals surface area contributed by atoms with Crippen LogP contribution in [0.3, 0.4) is 0 Å². The van der Waals surface area contributed by atoms with Crippen molar-refractivity contribution in [3.05, 3.63) is 35.9 Å². The number of nitrogens with one attached hydrogen (secondary N) is 1. The van der Waals surface area contributed by atoms with Crippen LogP contribution in [0, 0.1) is 5.92 Å². The predicted octanol–water partition coefficient (Wildman–Crippen LogP) is 2.07. The normalized spacial score (nSPS) is 22.5. The van der Waals surface area contributed by atoms with E-state index in [-0.39, 0.29) is 17.9 Å². The molecule has 2 amide bonds. The molecule has 3 rings (SSSR count). The highest BCUT2D eigenvalue weighted by molar-refractivity contribution is 5.89. The molecule has 142 valence electrons. The van der Waals surface area contributed by atoms with Gasteiger partial charge in [-0.05, 0) is 51.3 Å². The maximum Gasteiger partial charge on any atom is 0.243 e. The first-order valence-corrected chi connectivity index (χ1v) is 9.89. The Bertz CT molecular complexity index is 609. The van der Waals surface area contributed by atoms with Gasteiger partial charge in [0.15, 0.2) is 0 Å². The van der Waals surface area contributed by atoms with Gasteiger partial charge in [0.05, 0.1) is 0 Å². The number of piperidine rings is 1. The van der Waals surface area contributed by atoms with E-state index < -0.39 is 0 Å². The smallest absolute Gasteiger partial charge is 0.243 e.